The number of esters is 1. The van der Waals surface area contributed by atoms with Crippen LogP contribution in [0.25, 0.3) is 10.8 Å². The van der Waals surface area contributed by atoms with Gasteiger partial charge in [-0.1, -0.05) is 42.0 Å². The molecule has 3 rings (SSSR count). The van der Waals surface area contributed by atoms with Gasteiger partial charge in [-0.05, 0) is 73.7 Å². The molecule has 122 valence electrons. The molecule has 0 saturated carbocycles. The summed E-state index contributed by atoms with van der Waals surface area (Å²) >= 11 is 0. The average molecular weight is 318 g/mol. The lowest BCUT2D eigenvalue weighted by Gasteiger charge is -2.14. The van der Waals surface area contributed by atoms with Crippen LogP contribution in [0, 0.1) is 34.6 Å². The Labute approximate surface area is 143 Å². The fourth-order valence-electron chi connectivity index (χ4n) is 3.43. The molecule has 3 aromatic rings. The highest BCUT2D eigenvalue weighted by Gasteiger charge is 2.17. The third kappa shape index (κ3) is 2.80. The van der Waals surface area contributed by atoms with Crippen molar-refractivity contribution < 1.29 is 9.53 Å². The minimum atomic E-state index is -0.289. The van der Waals surface area contributed by atoms with E-state index in [1.165, 1.54) is 5.39 Å². The second-order valence-electron chi connectivity index (χ2n) is 6.53. The van der Waals surface area contributed by atoms with Crippen molar-refractivity contribution in [3.8, 4) is 5.75 Å². The molecule has 0 unspecified atom stereocenters. The van der Waals surface area contributed by atoms with E-state index in [1.54, 1.807) is 0 Å². The van der Waals surface area contributed by atoms with Crippen LogP contribution in [0.4, 0.5) is 0 Å². The van der Waals surface area contributed by atoms with Crippen LogP contribution >= 0.6 is 0 Å². The first-order chi connectivity index (χ1) is 11.4. The Morgan fingerprint density at radius 3 is 2.00 bits per heavy atom. The third-order valence-electron chi connectivity index (χ3n) is 4.56. The van der Waals surface area contributed by atoms with Crippen molar-refractivity contribution in [2.24, 2.45) is 0 Å². The van der Waals surface area contributed by atoms with Crippen molar-refractivity contribution in [1.82, 2.24) is 0 Å². The predicted octanol–water partition coefficient (Wildman–Crippen LogP) is 5.60. The lowest BCUT2D eigenvalue weighted by atomic mass is 9.99. The van der Waals surface area contributed by atoms with Crippen LogP contribution in [-0.4, -0.2) is 5.97 Å². The van der Waals surface area contributed by atoms with Gasteiger partial charge in [-0.2, -0.15) is 0 Å². The second kappa shape index (κ2) is 6.12. The number of carbonyl (C=O) groups excluding carboxylic acids is 1. The van der Waals surface area contributed by atoms with Gasteiger partial charge in [0.1, 0.15) is 5.75 Å². The fourth-order valence-corrected chi connectivity index (χ4v) is 3.43. The van der Waals surface area contributed by atoms with Crippen molar-refractivity contribution in [2.45, 2.75) is 34.6 Å². The lowest BCUT2D eigenvalue weighted by molar-refractivity contribution is 0.0732. The third-order valence-corrected chi connectivity index (χ3v) is 4.56. The van der Waals surface area contributed by atoms with Crippen LogP contribution in [-0.2, 0) is 0 Å². The number of benzene rings is 3. The van der Waals surface area contributed by atoms with E-state index < -0.39 is 0 Å². The zero-order valence-corrected chi connectivity index (χ0v) is 14.9. The van der Waals surface area contributed by atoms with Crippen LogP contribution in [0.3, 0.4) is 0 Å². The summed E-state index contributed by atoms with van der Waals surface area (Å²) in [5.41, 5.74) is 5.81. The topological polar surface area (TPSA) is 26.3 Å². The van der Waals surface area contributed by atoms with Crippen molar-refractivity contribution in [3.63, 3.8) is 0 Å². The number of rotatable bonds is 2. The van der Waals surface area contributed by atoms with E-state index >= 15 is 0 Å². The average Bonchev–Trinajstić information content (AvgIpc) is 2.51. The molecule has 0 saturated heterocycles. The van der Waals surface area contributed by atoms with Gasteiger partial charge in [0, 0.05) is 0 Å². The molecule has 0 heterocycles. The molecule has 0 bridgehead atoms. The highest BCUT2D eigenvalue weighted by Crippen LogP contribution is 2.31. The van der Waals surface area contributed by atoms with E-state index in [0.29, 0.717) is 11.3 Å². The fraction of sp³-hybridized carbons (Fsp3) is 0.227. The molecule has 0 aliphatic heterocycles. The lowest BCUT2D eigenvalue weighted by Crippen LogP contribution is -2.13. The summed E-state index contributed by atoms with van der Waals surface area (Å²) in [4.78, 5) is 12.7. The summed E-state index contributed by atoms with van der Waals surface area (Å²) in [6.07, 6.45) is 0. The first-order valence-corrected chi connectivity index (χ1v) is 8.17. The number of hydrogen-bond acceptors (Lipinski definition) is 2. The Bertz CT molecular complexity index is 929. The standard InChI is InChI=1S/C22H22O2/c1-13-10-15(3)21(16(4)11-13)22(23)24-20-12-14(2)18-8-6-7-9-19(18)17(20)5/h6-12H,1-5H3. The van der Waals surface area contributed by atoms with Gasteiger partial charge in [0.15, 0.2) is 0 Å². The molecular formula is C22H22O2. The van der Waals surface area contributed by atoms with Gasteiger partial charge in [-0.15, -0.1) is 0 Å². The minimum absolute atomic E-state index is 0.289. The van der Waals surface area contributed by atoms with E-state index in [0.717, 1.165) is 33.2 Å². The number of ether oxygens (including phenoxy) is 1. The Morgan fingerprint density at radius 1 is 0.792 bits per heavy atom. The Kier molecular flexibility index (Phi) is 4.15. The Hall–Kier alpha value is -2.61. The highest BCUT2D eigenvalue weighted by atomic mass is 16.5. The monoisotopic (exact) mass is 318 g/mol. The molecule has 0 radical (unpaired) electrons. The van der Waals surface area contributed by atoms with Crippen molar-refractivity contribution >= 4 is 16.7 Å². The van der Waals surface area contributed by atoms with Crippen LogP contribution < -0.4 is 4.74 Å². The highest BCUT2D eigenvalue weighted by molar-refractivity contribution is 5.96. The molecule has 0 aromatic heterocycles. The quantitative estimate of drug-likeness (QED) is 0.454. The summed E-state index contributed by atoms with van der Waals surface area (Å²) in [6, 6.07) is 14.2. The molecule has 0 amide bonds. The number of carbonyl (C=O) groups is 1. The first kappa shape index (κ1) is 16.3. The van der Waals surface area contributed by atoms with E-state index in [1.807, 2.05) is 65.0 Å². The Morgan fingerprint density at radius 2 is 1.38 bits per heavy atom. The predicted molar refractivity (Wildman–Crippen MR) is 99.0 cm³/mol. The van der Waals surface area contributed by atoms with Gasteiger partial charge < -0.3 is 4.74 Å². The van der Waals surface area contributed by atoms with Crippen molar-refractivity contribution in [1.29, 1.82) is 0 Å². The summed E-state index contributed by atoms with van der Waals surface area (Å²) < 4.78 is 5.78. The molecule has 3 aromatic carbocycles. The van der Waals surface area contributed by atoms with E-state index in [2.05, 4.69) is 12.1 Å². The van der Waals surface area contributed by atoms with Gasteiger partial charge in [-0.25, -0.2) is 4.79 Å². The molecule has 0 N–H and O–H groups in total. The van der Waals surface area contributed by atoms with Gasteiger partial charge in [0.05, 0.1) is 5.56 Å². The molecule has 24 heavy (non-hydrogen) atoms. The van der Waals surface area contributed by atoms with Crippen LogP contribution in [0.5, 0.6) is 5.75 Å². The maximum absolute atomic E-state index is 12.7. The van der Waals surface area contributed by atoms with Gasteiger partial charge in [-0.3, -0.25) is 0 Å². The summed E-state index contributed by atoms with van der Waals surface area (Å²) in [5.74, 6) is 0.346. The maximum atomic E-state index is 12.7. The zero-order valence-electron chi connectivity index (χ0n) is 14.9. The maximum Gasteiger partial charge on any atom is 0.344 e. The van der Waals surface area contributed by atoms with E-state index in [4.69, 9.17) is 4.74 Å². The van der Waals surface area contributed by atoms with Gasteiger partial charge >= 0.3 is 5.97 Å². The van der Waals surface area contributed by atoms with E-state index in [-0.39, 0.29) is 5.97 Å². The molecule has 0 spiro atoms. The van der Waals surface area contributed by atoms with Crippen molar-refractivity contribution in [3.05, 3.63) is 75.8 Å². The van der Waals surface area contributed by atoms with Crippen molar-refractivity contribution in [2.75, 3.05) is 0 Å². The van der Waals surface area contributed by atoms with Crippen LogP contribution in [0.2, 0.25) is 0 Å². The smallest absolute Gasteiger partial charge is 0.344 e. The molecule has 0 fully saturated rings. The minimum Gasteiger partial charge on any atom is -0.423 e. The molecule has 0 aliphatic carbocycles. The first-order valence-electron chi connectivity index (χ1n) is 8.17. The number of hydrogen-bond donors (Lipinski definition) is 0. The van der Waals surface area contributed by atoms with E-state index in [9.17, 15) is 4.79 Å². The normalized spacial score (nSPS) is 10.9. The summed E-state index contributed by atoms with van der Waals surface area (Å²) in [5, 5.41) is 2.31. The van der Waals surface area contributed by atoms with Crippen LogP contribution in [0.15, 0.2) is 42.5 Å². The molecule has 0 atom stereocenters. The molecule has 2 nitrogen and oxygen atoms in total. The molecule has 2 heteroatoms. The molecular weight excluding hydrogens is 296 g/mol. The Balaban J connectivity index is 2.05. The second-order valence-corrected chi connectivity index (χ2v) is 6.53. The number of aryl methyl sites for hydroxylation is 5. The van der Waals surface area contributed by atoms with Crippen LogP contribution in [0.1, 0.15) is 38.2 Å². The zero-order chi connectivity index (χ0) is 17.4. The summed E-state index contributed by atoms with van der Waals surface area (Å²) in [6.45, 7) is 9.98. The van der Waals surface area contributed by atoms with Gasteiger partial charge in [0.25, 0.3) is 0 Å². The SMILES string of the molecule is Cc1cc(C)c(C(=O)Oc2cc(C)c3ccccc3c2C)c(C)c1. The molecule has 0 aliphatic rings. The largest absolute Gasteiger partial charge is 0.423 e. The number of fused-ring (bicyclic) bond motifs is 1. The van der Waals surface area contributed by atoms with Gasteiger partial charge in [0.2, 0.25) is 0 Å². The summed E-state index contributed by atoms with van der Waals surface area (Å²) in [7, 11) is 0.